The maximum absolute atomic E-state index is 11.7. The van der Waals surface area contributed by atoms with Crippen molar-refractivity contribution in [2.24, 2.45) is 0 Å². The Bertz CT molecular complexity index is 858. The lowest BCUT2D eigenvalue weighted by Gasteiger charge is -2.20. The summed E-state index contributed by atoms with van der Waals surface area (Å²) in [5.74, 6) is 0. The van der Waals surface area contributed by atoms with Crippen LogP contribution in [0.5, 0.6) is 0 Å². The molecular formula is C14H13BrN4OS. The number of H-pyrrole nitrogens is 1. The number of nitrogens with one attached hydrogen (secondary N) is 1. The van der Waals surface area contributed by atoms with Crippen molar-refractivity contribution >= 4 is 49.5 Å². The zero-order chi connectivity index (χ0) is 15.0. The average molecular weight is 365 g/mol. The Labute approximate surface area is 133 Å². The summed E-state index contributed by atoms with van der Waals surface area (Å²) in [6.07, 6.45) is 1.40. The number of fused-ring (bicyclic) bond motifs is 1. The average Bonchev–Trinajstić information content (AvgIpc) is 2.84. The van der Waals surface area contributed by atoms with Gasteiger partial charge in [-0.2, -0.15) is 0 Å². The first-order valence-corrected chi connectivity index (χ1v) is 7.93. The lowest BCUT2D eigenvalue weighted by Crippen LogP contribution is -2.18. The highest BCUT2D eigenvalue weighted by Gasteiger charge is 2.11. The Kier molecular flexibility index (Phi) is 3.69. The van der Waals surface area contributed by atoms with Crippen molar-refractivity contribution in [3.05, 3.63) is 49.6 Å². The Morgan fingerprint density at radius 3 is 2.95 bits per heavy atom. The van der Waals surface area contributed by atoms with Crippen LogP contribution >= 0.6 is 27.3 Å². The molecule has 2 heterocycles. The molecule has 0 fully saturated rings. The molecule has 0 saturated carbocycles. The smallest absolute Gasteiger partial charge is 0.258 e. The van der Waals surface area contributed by atoms with Crippen molar-refractivity contribution in [3.63, 3.8) is 0 Å². The van der Waals surface area contributed by atoms with Gasteiger partial charge in [0.2, 0.25) is 0 Å². The van der Waals surface area contributed by atoms with Gasteiger partial charge in [-0.3, -0.25) is 4.79 Å². The van der Waals surface area contributed by atoms with Crippen LogP contribution in [0.25, 0.3) is 10.9 Å². The van der Waals surface area contributed by atoms with Gasteiger partial charge in [-0.25, -0.2) is 4.98 Å². The normalized spacial score (nSPS) is 11.0. The van der Waals surface area contributed by atoms with Crippen molar-refractivity contribution < 1.29 is 0 Å². The fraction of sp³-hybridized carbons (Fsp3) is 0.143. The summed E-state index contributed by atoms with van der Waals surface area (Å²) in [4.78, 5) is 21.8. The van der Waals surface area contributed by atoms with E-state index in [2.05, 4.69) is 36.9 Å². The van der Waals surface area contributed by atoms with Gasteiger partial charge in [-0.05, 0) is 34.1 Å². The minimum atomic E-state index is -0.178. The molecule has 0 amide bonds. The Morgan fingerprint density at radius 2 is 2.24 bits per heavy atom. The second-order valence-electron chi connectivity index (χ2n) is 4.75. The van der Waals surface area contributed by atoms with Crippen molar-refractivity contribution in [2.45, 2.75) is 6.54 Å². The molecule has 0 bridgehead atoms. The highest BCUT2D eigenvalue weighted by molar-refractivity contribution is 9.10. The molecular weight excluding hydrogens is 352 g/mol. The van der Waals surface area contributed by atoms with Crippen LogP contribution in [0.15, 0.2) is 39.2 Å². The van der Waals surface area contributed by atoms with Crippen LogP contribution in [0.4, 0.5) is 11.4 Å². The summed E-state index contributed by atoms with van der Waals surface area (Å²) in [6.45, 7) is 0.745. The number of aromatic amines is 1. The van der Waals surface area contributed by atoms with Crippen molar-refractivity contribution in [2.75, 3.05) is 17.7 Å². The largest absolute Gasteiger partial charge is 0.397 e. The summed E-state index contributed by atoms with van der Waals surface area (Å²) >= 11 is 5.14. The second kappa shape index (κ2) is 5.50. The maximum atomic E-state index is 11.7. The van der Waals surface area contributed by atoms with Crippen LogP contribution in [-0.2, 0) is 6.54 Å². The topological polar surface area (TPSA) is 75.0 Å². The number of rotatable bonds is 3. The van der Waals surface area contributed by atoms with Gasteiger partial charge in [0.05, 0.1) is 35.1 Å². The van der Waals surface area contributed by atoms with E-state index < -0.39 is 0 Å². The van der Waals surface area contributed by atoms with Crippen LogP contribution in [0.3, 0.4) is 0 Å². The van der Waals surface area contributed by atoms with Gasteiger partial charge in [-0.1, -0.05) is 0 Å². The number of thiophene rings is 1. The summed E-state index contributed by atoms with van der Waals surface area (Å²) in [5.41, 5.74) is 7.98. The number of nitrogen functional groups attached to an aromatic ring is 1. The lowest BCUT2D eigenvalue weighted by atomic mass is 10.2. The van der Waals surface area contributed by atoms with E-state index in [0.717, 1.165) is 16.7 Å². The van der Waals surface area contributed by atoms with Gasteiger partial charge < -0.3 is 15.6 Å². The van der Waals surface area contributed by atoms with Crippen LogP contribution < -0.4 is 16.2 Å². The van der Waals surface area contributed by atoms with Crippen molar-refractivity contribution in [1.29, 1.82) is 0 Å². The molecule has 3 aromatic rings. The Balaban J connectivity index is 1.99. The van der Waals surface area contributed by atoms with E-state index >= 15 is 0 Å². The van der Waals surface area contributed by atoms with E-state index in [9.17, 15) is 4.79 Å². The number of benzene rings is 1. The number of halogens is 1. The molecule has 1 aromatic carbocycles. The second-order valence-corrected chi connectivity index (χ2v) is 6.66. The molecule has 0 atom stereocenters. The molecule has 0 unspecified atom stereocenters. The van der Waals surface area contributed by atoms with E-state index in [-0.39, 0.29) is 5.56 Å². The molecule has 0 aliphatic heterocycles. The minimum Gasteiger partial charge on any atom is -0.397 e. The Hall–Kier alpha value is -1.86. The van der Waals surface area contributed by atoms with Gasteiger partial charge >= 0.3 is 0 Å². The first-order chi connectivity index (χ1) is 10.0. The van der Waals surface area contributed by atoms with Gasteiger partial charge in [0.15, 0.2) is 0 Å². The van der Waals surface area contributed by atoms with E-state index in [0.29, 0.717) is 16.6 Å². The van der Waals surface area contributed by atoms with Crippen molar-refractivity contribution in [3.8, 4) is 0 Å². The number of nitrogens with two attached hydrogens (primary N) is 1. The number of hydrogen-bond donors (Lipinski definition) is 2. The summed E-state index contributed by atoms with van der Waals surface area (Å²) in [6, 6.07) is 5.61. The van der Waals surface area contributed by atoms with Crippen LogP contribution in [0, 0.1) is 0 Å². The SMILES string of the molecule is CN(Cc1cc(Br)cs1)c1cc2nc[nH]c(=O)c2cc1N. The highest BCUT2D eigenvalue weighted by atomic mass is 79.9. The predicted octanol–water partition coefficient (Wildman–Crippen LogP) is 2.97. The molecule has 0 spiro atoms. The van der Waals surface area contributed by atoms with Crippen LogP contribution in [-0.4, -0.2) is 17.0 Å². The van der Waals surface area contributed by atoms with Gasteiger partial charge in [-0.15, -0.1) is 11.3 Å². The molecule has 3 N–H and O–H groups in total. The zero-order valence-electron chi connectivity index (χ0n) is 11.3. The first-order valence-electron chi connectivity index (χ1n) is 6.25. The third-order valence-corrected chi connectivity index (χ3v) is 4.90. The predicted molar refractivity (Wildman–Crippen MR) is 90.9 cm³/mol. The third kappa shape index (κ3) is 2.79. The van der Waals surface area contributed by atoms with E-state index in [4.69, 9.17) is 5.73 Å². The molecule has 0 aliphatic carbocycles. The number of hydrogen-bond acceptors (Lipinski definition) is 5. The molecule has 0 radical (unpaired) electrons. The molecule has 0 aliphatic rings. The Morgan fingerprint density at radius 1 is 1.43 bits per heavy atom. The lowest BCUT2D eigenvalue weighted by molar-refractivity contribution is 0.942. The quantitative estimate of drug-likeness (QED) is 0.700. The van der Waals surface area contributed by atoms with E-state index in [1.165, 1.54) is 11.2 Å². The molecule has 21 heavy (non-hydrogen) atoms. The molecule has 108 valence electrons. The van der Waals surface area contributed by atoms with Gasteiger partial charge in [0, 0.05) is 21.8 Å². The summed E-state index contributed by atoms with van der Waals surface area (Å²) < 4.78 is 1.08. The zero-order valence-corrected chi connectivity index (χ0v) is 13.7. The molecule has 2 aromatic heterocycles. The monoisotopic (exact) mass is 364 g/mol. The number of nitrogens with zero attached hydrogens (tertiary/aromatic N) is 2. The summed E-state index contributed by atoms with van der Waals surface area (Å²) in [7, 11) is 1.97. The third-order valence-electron chi connectivity index (χ3n) is 3.21. The molecule has 7 heteroatoms. The highest BCUT2D eigenvalue weighted by Crippen LogP contribution is 2.29. The fourth-order valence-electron chi connectivity index (χ4n) is 2.21. The van der Waals surface area contributed by atoms with E-state index in [1.807, 2.05) is 18.5 Å². The fourth-order valence-corrected chi connectivity index (χ4v) is 3.71. The first kappa shape index (κ1) is 14.1. The molecule has 3 rings (SSSR count). The number of aromatic nitrogens is 2. The molecule has 5 nitrogen and oxygen atoms in total. The van der Waals surface area contributed by atoms with Gasteiger partial charge in [0.25, 0.3) is 5.56 Å². The van der Waals surface area contributed by atoms with Crippen molar-refractivity contribution in [1.82, 2.24) is 9.97 Å². The minimum absolute atomic E-state index is 0.178. The molecule has 0 saturated heterocycles. The van der Waals surface area contributed by atoms with Crippen LogP contribution in [0.1, 0.15) is 4.88 Å². The number of anilines is 2. The van der Waals surface area contributed by atoms with Gasteiger partial charge in [0.1, 0.15) is 0 Å². The maximum Gasteiger partial charge on any atom is 0.258 e. The van der Waals surface area contributed by atoms with E-state index in [1.54, 1.807) is 17.4 Å². The summed E-state index contributed by atoms with van der Waals surface area (Å²) in [5, 5.41) is 2.56. The standard InChI is InChI=1S/C14H13BrN4OS/c1-19(5-9-2-8(15)6-21-9)13-4-12-10(3-11(13)16)14(20)18-7-17-12/h2-4,6-7H,5,16H2,1H3,(H,17,18,20). The van der Waals surface area contributed by atoms with Crippen LogP contribution in [0.2, 0.25) is 0 Å².